The molecular weight excluding hydrogens is 645 g/mol. The highest BCUT2D eigenvalue weighted by atomic mass is 15.0. The molecule has 0 aliphatic heterocycles. The lowest BCUT2D eigenvalue weighted by Gasteiger charge is -2.16. The van der Waals surface area contributed by atoms with E-state index in [0.717, 1.165) is 34.4 Å². The average Bonchev–Trinajstić information content (AvgIpc) is 3.56. The summed E-state index contributed by atoms with van der Waals surface area (Å²) < 4.78 is 2.40. The van der Waals surface area contributed by atoms with Crippen molar-refractivity contribution in [3.63, 3.8) is 0 Å². The molecule has 0 N–H and O–H groups in total. The Morgan fingerprint density at radius 1 is 0.472 bits per heavy atom. The topological polar surface area (TPSA) is 43.6 Å². The summed E-state index contributed by atoms with van der Waals surface area (Å²) in [6.07, 6.45) is 9.43. The minimum atomic E-state index is 0.0642. The van der Waals surface area contributed by atoms with Crippen molar-refractivity contribution in [1.82, 2.24) is 19.5 Å². The summed E-state index contributed by atoms with van der Waals surface area (Å²) in [6.45, 7) is 0. The van der Waals surface area contributed by atoms with Crippen LogP contribution in [0.5, 0.6) is 0 Å². The van der Waals surface area contributed by atoms with Crippen LogP contribution < -0.4 is 0 Å². The number of hydrogen-bond donors (Lipinski definition) is 0. The SMILES string of the molecule is C1=CCC(c2nc(-c3cccc(-n4c5cc6ccccc6cc5c5c6ccccc6ccc54)c3)nc(-c3cc4ccccc4c4ccccc34)n2)C=C1. The predicted octanol–water partition coefficient (Wildman–Crippen LogP) is 12.5. The van der Waals surface area contributed by atoms with Gasteiger partial charge < -0.3 is 4.57 Å². The van der Waals surface area contributed by atoms with Gasteiger partial charge in [-0.2, -0.15) is 0 Å². The van der Waals surface area contributed by atoms with Crippen molar-refractivity contribution < 1.29 is 0 Å². The van der Waals surface area contributed by atoms with Gasteiger partial charge in [0.25, 0.3) is 0 Å². The Morgan fingerprint density at radius 3 is 2.02 bits per heavy atom. The maximum absolute atomic E-state index is 5.28. The summed E-state index contributed by atoms with van der Waals surface area (Å²) in [6, 6.07) is 54.6. The van der Waals surface area contributed by atoms with Gasteiger partial charge in [0.15, 0.2) is 11.6 Å². The van der Waals surface area contributed by atoms with E-state index < -0.39 is 0 Å². The Balaban J connectivity index is 1.16. The Labute approximate surface area is 306 Å². The second-order valence-electron chi connectivity index (χ2n) is 14.0. The highest BCUT2D eigenvalue weighted by molar-refractivity contribution is 6.23. The van der Waals surface area contributed by atoms with Gasteiger partial charge in [-0.1, -0.05) is 140 Å². The molecule has 53 heavy (non-hydrogen) atoms. The first-order valence-corrected chi connectivity index (χ1v) is 18.2. The first kappa shape index (κ1) is 29.8. The van der Waals surface area contributed by atoms with Gasteiger partial charge in [-0.25, -0.2) is 15.0 Å². The molecule has 2 aromatic heterocycles. The minimum absolute atomic E-state index is 0.0642. The molecular formula is C49H32N4. The smallest absolute Gasteiger partial charge is 0.164 e. The number of benzene rings is 8. The van der Waals surface area contributed by atoms with Gasteiger partial charge in [-0.05, 0) is 85.9 Å². The van der Waals surface area contributed by atoms with Crippen molar-refractivity contribution in [2.24, 2.45) is 0 Å². The molecule has 0 saturated carbocycles. The molecule has 4 nitrogen and oxygen atoms in total. The fraction of sp³-hybridized carbons (Fsp3) is 0.0408. The second-order valence-corrected chi connectivity index (χ2v) is 14.0. The van der Waals surface area contributed by atoms with Gasteiger partial charge in [0, 0.05) is 33.5 Å². The fourth-order valence-corrected chi connectivity index (χ4v) is 8.35. The van der Waals surface area contributed by atoms with E-state index in [1.807, 2.05) is 0 Å². The molecule has 0 fully saturated rings. The molecule has 1 atom stereocenters. The first-order valence-electron chi connectivity index (χ1n) is 18.2. The zero-order valence-corrected chi connectivity index (χ0v) is 28.8. The molecule has 0 saturated heterocycles. The molecule has 11 rings (SSSR count). The fourth-order valence-electron chi connectivity index (χ4n) is 8.35. The third-order valence-corrected chi connectivity index (χ3v) is 10.9. The lowest BCUT2D eigenvalue weighted by molar-refractivity contribution is 0.764. The highest BCUT2D eigenvalue weighted by Crippen LogP contribution is 2.40. The monoisotopic (exact) mass is 676 g/mol. The molecule has 1 aliphatic rings. The third-order valence-electron chi connectivity index (χ3n) is 10.9. The lowest BCUT2D eigenvalue weighted by atomic mass is 9.96. The molecule has 10 aromatic rings. The maximum atomic E-state index is 5.28. The second kappa shape index (κ2) is 11.8. The standard InChI is InChI=1S/C49H32N4/c1-2-14-32(15-3-1)47-50-48(52-49(51-47)42-29-35-18-7-8-21-38(35)40-23-10-11-24-41(40)42)36-19-12-20-37(27-36)53-44-26-25-31-13-6-9-22-39(31)46(44)43-28-33-16-4-5-17-34(33)30-45(43)53/h1-14,16-30,32H,15H2. The molecule has 8 aromatic carbocycles. The minimum Gasteiger partial charge on any atom is -0.309 e. The molecule has 2 heterocycles. The molecule has 4 heteroatoms. The van der Waals surface area contributed by atoms with Crippen LogP contribution in [-0.2, 0) is 0 Å². The molecule has 0 spiro atoms. The van der Waals surface area contributed by atoms with Crippen LogP contribution in [0.3, 0.4) is 0 Å². The van der Waals surface area contributed by atoms with E-state index in [1.165, 1.54) is 59.5 Å². The van der Waals surface area contributed by atoms with E-state index >= 15 is 0 Å². The Kier molecular flexibility index (Phi) is 6.65. The predicted molar refractivity (Wildman–Crippen MR) is 221 cm³/mol. The molecule has 1 unspecified atom stereocenters. The van der Waals surface area contributed by atoms with E-state index in [1.54, 1.807) is 0 Å². The number of aromatic nitrogens is 4. The van der Waals surface area contributed by atoms with Crippen LogP contribution in [0.4, 0.5) is 0 Å². The number of nitrogens with zero attached hydrogens (tertiary/aromatic N) is 4. The highest BCUT2D eigenvalue weighted by Gasteiger charge is 2.21. The number of rotatable bonds is 4. The number of fused-ring (bicyclic) bond motifs is 9. The first-order chi connectivity index (χ1) is 26.3. The zero-order chi connectivity index (χ0) is 34.9. The van der Waals surface area contributed by atoms with Crippen molar-refractivity contribution in [3.8, 4) is 28.5 Å². The molecule has 0 bridgehead atoms. The van der Waals surface area contributed by atoms with E-state index in [4.69, 9.17) is 15.0 Å². The van der Waals surface area contributed by atoms with E-state index in [9.17, 15) is 0 Å². The summed E-state index contributed by atoms with van der Waals surface area (Å²) in [5.41, 5.74) is 5.37. The van der Waals surface area contributed by atoms with Crippen LogP contribution in [0, 0.1) is 0 Å². The molecule has 1 aliphatic carbocycles. The van der Waals surface area contributed by atoms with Crippen molar-refractivity contribution >= 4 is 64.9 Å². The normalized spacial score (nSPS) is 14.4. The van der Waals surface area contributed by atoms with Crippen molar-refractivity contribution in [3.05, 3.63) is 182 Å². The quantitative estimate of drug-likeness (QED) is 0.174. The Bertz CT molecular complexity index is 3170. The largest absolute Gasteiger partial charge is 0.309 e. The molecule has 0 radical (unpaired) electrons. The van der Waals surface area contributed by atoms with Crippen LogP contribution in [0.2, 0.25) is 0 Å². The third kappa shape index (κ3) is 4.80. The van der Waals surface area contributed by atoms with Gasteiger partial charge in [0.1, 0.15) is 5.82 Å². The summed E-state index contributed by atoms with van der Waals surface area (Å²) >= 11 is 0. The summed E-state index contributed by atoms with van der Waals surface area (Å²) in [5.74, 6) is 2.20. The van der Waals surface area contributed by atoms with Crippen LogP contribution in [0.15, 0.2) is 176 Å². The maximum Gasteiger partial charge on any atom is 0.164 e. The van der Waals surface area contributed by atoms with Gasteiger partial charge in [-0.3, -0.25) is 0 Å². The Hall–Kier alpha value is -6.91. The van der Waals surface area contributed by atoms with Gasteiger partial charge in [0.2, 0.25) is 0 Å². The van der Waals surface area contributed by atoms with E-state index in [2.05, 4.69) is 181 Å². The molecule has 0 amide bonds. The van der Waals surface area contributed by atoms with Crippen LogP contribution in [-0.4, -0.2) is 19.5 Å². The number of hydrogen-bond acceptors (Lipinski definition) is 3. The summed E-state index contributed by atoms with van der Waals surface area (Å²) in [5, 5.41) is 12.2. The van der Waals surface area contributed by atoms with E-state index in [-0.39, 0.29) is 5.92 Å². The summed E-state index contributed by atoms with van der Waals surface area (Å²) in [4.78, 5) is 15.7. The van der Waals surface area contributed by atoms with Crippen LogP contribution >= 0.6 is 0 Å². The average molecular weight is 677 g/mol. The summed E-state index contributed by atoms with van der Waals surface area (Å²) in [7, 11) is 0. The van der Waals surface area contributed by atoms with Crippen LogP contribution in [0.25, 0.3) is 93.4 Å². The van der Waals surface area contributed by atoms with Gasteiger partial charge in [0.05, 0.1) is 11.0 Å². The van der Waals surface area contributed by atoms with Gasteiger partial charge >= 0.3 is 0 Å². The zero-order valence-electron chi connectivity index (χ0n) is 28.8. The molecule has 248 valence electrons. The Morgan fingerprint density at radius 2 is 1.19 bits per heavy atom. The van der Waals surface area contributed by atoms with E-state index in [0.29, 0.717) is 11.6 Å². The number of allylic oxidation sites excluding steroid dienone is 4. The van der Waals surface area contributed by atoms with Crippen molar-refractivity contribution in [1.29, 1.82) is 0 Å². The van der Waals surface area contributed by atoms with Crippen molar-refractivity contribution in [2.75, 3.05) is 0 Å². The van der Waals surface area contributed by atoms with Gasteiger partial charge in [-0.15, -0.1) is 0 Å². The lowest BCUT2D eigenvalue weighted by Crippen LogP contribution is -2.08. The van der Waals surface area contributed by atoms with Crippen LogP contribution in [0.1, 0.15) is 18.2 Å². The van der Waals surface area contributed by atoms with Crippen molar-refractivity contribution in [2.45, 2.75) is 12.3 Å².